The van der Waals surface area contributed by atoms with Gasteiger partial charge in [0.05, 0.1) is 4.83 Å². The maximum Gasteiger partial charge on any atom is 0.0529 e. The molecule has 0 saturated carbocycles. The van der Waals surface area contributed by atoms with E-state index in [-0.39, 0.29) is 0 Å². The van der Waals surface area contributed by atoms with Crippen LogP contribution in [0.25, 0.3) is 0 Å². The largest absolute Gasteiger partial charge is 0.144 e. The highest BCUT2D eigenvalue weighted by atomic mass is 79.9. The van der Waals surface area contributed by atoms with Crippen molar-refractivity contribution in [2.75, 3.05) is 0 Å². The van der Waals surface area contributed by atoms with Gasteiger partial charge < -0.3 is 0 Å². The molecule has 0 radical (unpaired) electrons. The summed E-state index contributed by atoms with van der Waals surface area (Å²) < 4.78 is 0. The van der Waals surface area contributed by atoms with E-state index in [0.717, 1.165) is 12.8 Å². The fraction of sp³-hybridized carbons (Fsp3) is 0.333. The van der Waals surface area contributed by atoms with Crippen LogP contribution in [0.3, 0.4) is 0 Å². The Labute approximate surface area is 116 Å². The Morgan fingerprint density at radius 1 is 1.24 bits per heavy atom. The van der Waals surface area contributed by atoms with E-state index in [9.17, 15) is 0 Å². The molecule has 0 nitrogen and oxygen atoms in total. The second kappa shape index (κ2) is 5.83. The molecule has 0 aliphatic rings. The van der Waals surface area contributed by atoms with E-state index in [1.54, 1.807) is 0 Å². The van der Waals surface area contributed by atoms with Crippen molar-refractivity contribution >= 4 is 27.3 Å². The third-order valence-corrected chi connectivity index (χ3v) is 5.30. The number of rotatable bonds is 4. The van der Waals surface area contributed by atoms with E-state index >= 15 is 0 Å². The lowest BCUT2D eigenvalue weighted by Crippen LogP contribution is -1.93. The third-order valence-electron chi connectivity index (χ3n) is 2.84. The Morgan fingerprint density at radius 3 is 2.71 bits per heavy atom. The fourth-order valence-electron chi connectivity index (χ4n) is 1.90. The molecule has 2 rings (SSSR count). The summed E-state index contributed by atoms with van der Waals surface area (Å²) >= 11 is 5.72. The van der Waals surface area contributed by atoms with Gasteiger partial charge >= 0.3 is 0 Å². The van der Waals surface area contributed by atoms with Crippen molar-refractivity contribution in [3.8, 4) is 0 Å². The molecule has 90 valence electrons. The van der Waals surface area contributed by atoms with Crippen molar-refractivity contribution in [3.05, 3.63) is 57.3 Å². The molecule has 1 atom stereocenters. The maximum atomic E-state index is 3.80. The lowest BCUT2D eigenvalue weighted by molar-refractivity contribution is 0.967. The number of aryl methyl sites for hydroxylation is 2. The smallest absolute Gasteiger partial charge is 0.0529 e. The molecule has 0 aliphatic heterocycles. The molecule has 2 aromatic rings. The molecule has 1 aromatic carbocycles. The molecule has 1 unspecified atom stereocenters. The van der Waals surface area contributed by atoms with Gasteiger partial charge in [0.25, 0.3) is 0 Å². The molecule has 0 N–H and O–H groups in total. The van der Waals surface area contributed by atoms with Gasteiger partial charge in [-0.3, -0.25) is 0 Å². The molecular weight excluding hydrogens is 292 g/mol. The molecule has 0 fully saturated rings. The van der Waals surface area contributed by atoms with Gasteiger partial charge in [0.1, 0.15) is 0 Å². The van der Waals surface area contributed by atoms with E-state index in [1.165, 1.54) is 20.9 Å². The Kier molecular flexibility index (Phi) is 4.41. The molecule has 17 heavy (non-hydrogen) atoms. The van der Waals surface area contributed by atoms with Gasteiger partial charge in [0.2, 0.25) is 0 Å². The molecule has 0 bridgehead atoms. The first-order valence-corrected chi connectivity index (χ1v) is 7.70. The summed E-state index contributed by atoms with van der Waals surface area (Å²) in [6.45, 7) is 4.35. The Morgan fingerprint density at radius 2 is 2.06 bits per heavy atom. The predicted molar refractivity (Wildman–Crippen MR) is 80.2 cm³/mol. The number of alkyl halides is 1. The third kappa shape index (κ3) is 3.43. The van der Waals surface area contributed by atoms with Crippen LogP contribution in [0.2, 0.25) is 0 Å². The quantitative estimate of drug-likeness (QED) is 0.673. The van der Waals surface area contributed by atoms with Crippen LogP contribution in [0, 0.1) is 6.92 Å². The van der Waals surface area contributed by atoms with Crippen molar-refractivity contribution in [2.24, 2.45) is 0 Å². The number of hydrogen-bond acceptors (Lipinski definition) is 1. The van der Waals surface area contributed by atoms with Crippen LogP contribution >= 0.6 is 27.3 Å². The summed E-state index contributed by atoms with van der Waals surface area (Å²) in [6, 6.07) is 13.2. The first-order chi connectivity index (χ1) is 8.19. The Hall–Kier alpha value is -0.600. The second-order valence-electron chi connectivity index (χ2n) is 4.32. The minimum Gasteiger partial charge on any atom is -0.144 e. The van der Waals surface area contributed by atoms with Gasteiger partial charge in [-0.05, 0) is 37.5 Å². The number of halogens is 1. The lowest BCUT2D eigenvalue weighted by Gasteiger charge is -2.08. The first kappa shape index (κ1) is 12.8. The standard InChI is InChI=1S/C15H17BrS/c1-3-13-7-8-15(17-13)14(16)10-12-6-4-5-11(2)9-12/h4-9,14H,3,10H2,1-2H3. The predicted octanol–water partition coefficient (Wildman–Crippen LogP) is 5.30. The van der Waals surface area contributed by atoms with E-state index in [4.69, 9.17) is 0 Å². The molecule has 0 spiro atoms. The van der Waals surface area contributed by atoms with Crippen molar-refractivity contribution in [3.63, 3.8) is 0 Å². The topological polar surface area (TPSA) is 0 Å². The second-order valence-corrected chi connectivity index (χ2v) is 6.62. The summed E-state index contributed by atoms with van der Waals surface area (Å²) in [5.41, 5.74) is 2.74. The fourth-order valence-corrected chi connectivity index (χ4v) is 3.64. The zero-order valence-electron chi connectivity index (χ0n) is 10.2. The highest BCUT2D eigenvalue weighted by Gasteiger charge is 2.11. The Balaban J connectivity index is 2.08. The average molecular weight is 309 g/mol. The molecule has 0 amide bonds. The van der Waals surface area contributed by atoms with Gasteiger partial charge in [0.15, 0.2) is 0 Å². The van der Waals surface area contributed by atoms with Gasteiger partial charge in [-0.25, -0.2) is 0 Å². The van der Waals surface area contributed by atoms with Gasteiger partial charge in [-0.2, -0.15) is 0 Å². The SMILES string of the molecule is CCc1ccc(C(Br)Cc2cccc(C)c2)s1. The maximum absolute atomic E-state index is 3.80. The minimum atomic E-state index is 0.439. The number of benzene rings is 1. The van der Waals surface area contributed by atoms with Gasteiger partial charge in [0, 0.05) is 9.75 Å². The summed E-state index contributed by atoms with van der Waals surface area (Å²) in [4.78, 5) is 3.34. The van der Waals surface area contributed by atoms with Crippen LogP contribution in [0.15, 0.2) is 36.4 Å². The lowest BCUT2D eigenvalue weighted by atomic mass is 10.1. The number of thiophene rings is 1. The highest BCUT2D eigenvalue weighted by molar-refractivity contribution is 9.09. The summed E-state index contributed by atoms with van der Waals surface area (Å²) in [5.74, 6) is 0. The summed E-state index contributed by atoms with van der Waals surface area (Å²) in [6.07, 6.45) is 2.19. The van der Waals surface area contributed by atoms with E-state index in [2.05, 4.69) is 66.2 Å². The first-order valence-electron chi connectivity index (χ1n) is 5.97. The van der Waals surface area contributed by atoms with Gasteiger partial charge in [-0.15, -0.1) is 11.3 Å². The molecule has 0 saturated heterocycles. The van der Waals surface area contributed by atoms with Crippen molar-refractivity contribution in [2.45, 2.75) is 31.5 Å². The van der Waals surface area contributed by atoms with Crippen molar-refractivity contribution < 1.29 is 0 Å². The van der Waals surface area contributed by atoms with Crippen molar-refractivity contribution in [1.29, 1.82) is 0 Å². The van der Waals surface area contributed by atoms with Crippen LogP contribution in [0.5, 0.6) is 0 Å². The zero-order chi connectivity index (χ0) is 12.3. The summed E-state index contributed by atoms with van der Waals surface area (Å²) in [5, 5.41) is 0. The highest BCUT2D eigenvalue weighted by Crippen LogP contribution is 2.32. The van der Waals surface area contributed by atoms with Gasteiger partial charge in [-0.1, -0.05) is 52.7 Å². The normalized spacial score (nSPS) is 12.6. The molecule has 2 heteroatoms. The molecule has 1 aromatic heterocycles. The monoisotopic (exact) mass is 308 g/mol. The van der Waals surface area contributed by atoms with Crippen LogP contribution in [-0.4, -0.2) is 0 Å². The van der Waals surface area contributed by atoms with Crippen LogP contribution in [0.4, 0.5) is 0 Å². The average Bonchev–Trinajstić information content (AvgIpc) is 2.77. The van der Waals surface area contributed by atoms with Crippen molar-refractivity contribution in [1.82, 2.24) is 0 Å². The zero-order valence-corrected chi connectivity index (χ0v) is 12.6. The Bertz CT molecular complexity index is 487. The van der Waals surface area contributed by atoms with Crippen LogP contribution in [0.1, 0.15) is 32.6 Å². The van der Waals surface area contributed by atoms with E-state index in [0.29, 0.717) is 4.83 Å². The van der Waals surface area contributed by atoms with Crippen LogP contribution in [-0.2, 0) is 12.8 Å². The molecule has 1 heterocycles. The molecular formula is C15H17BrS. The minimum absolute atomic E-state index is 0.439. The number of hydrogen-bond donors (Lipinski definition) is 0. The van der Waals surface area contributed by atoms with E-state index < -0.39 is 0 Å². The van der Waals surface area contributed by atoms with E-state index in [1.807, 2.05) is 11.3 Å². The molecule has 0 aliphatic carbocycles. The van der Waals surface area contributed by atoms with Crippen LogP contribution < -0.4 is 0 Å². The summed E-state index contributed by atoms with van der Waals surface area (Å²) in [7, 11) is 0.